The van der Waals surface area contributed by atoms with Crippen LogP contribution in [-0.4, -0.2) is 28.6 Å². The van der Waals surface area contributed by atoms with Crippen LogP contribution < -0.4 is 11.1 Å². The Morgan fingerprint density at radius 3 is 2.94 bits per heavy atom. The first-order valence-corrected chi connectivity index (χ1v) is 6.02. The zero-order valence-corrected chi connectivity index (χ0v) is 9.98. The number of amides is 1. The summed E-state index contributed by atoms with van der Waals surface area (Å²) in [4.78, 5) is 15.8. The molecule has 2 rings (SSSR count). The highest BCUT2D eigenvalue weighted by Crippen LogP contribution is 2.23. The maximum absolute atomic E-state index is 11.9. The van der Waals surface area contributed by atoms with Gasteiger partial charge in [-0.2, -0.15) is 4.98 Å². The van der Waals surface area contributed by atoms with Gasteiger partial charge in [0.25, 0.3) is 11.7 Å². The van der Waals surface area contributed by atoms with Gasteiger partial charge in [0.05, 0.1) is 0 Å². The fourth-order valence-electron chi connectivity index (χ4n) is 2.30. The van der Waals surface area contributed by atoms with Crippen LogP contribution >= 0.6 is 0 Å². The van der Waals surface area contributed by atoms with Gasteiger partial charge in [-0.1, -0.05) is 18.0 Å². The number of carbonyl (C=O) groups excluding carboxylic acids is 1. The number of rotatable bonds is 3. The SMILES string of the molecule is Cc1nc(C(=O)NC2CCCCC2CN)no1. The second-order valence-electron chi connectivity index (χ2n) is 4.50. The number of aryl methyl sites for hydroxylation is 1. The van der Waals surface area contributed by atoms with E-state index in [0.717, 1.165) is 19.3 Å². The van der Waals surface area contributed by atoms with E-state index in [0.29, 0.717) is 18.4 Å². The van der Waals surface area contributed by atoms with Crippen molar-refractivity contribution in [2.24, 2.45) is 11.7 Å². The summed E-state index contributed by atoms with van der Waals surface area (Å²) in [5.41, 5.74) is 5.71. The number of hydrogen-bond acceptors (Lipinski definition) is 5. The van der Waals surface area contributed by atoms with Crippen molar-refractivity contribution in [2.45, 2.75) is 38.6 Å². The molecule has 1 aromatic rings. The minimum absolute atomic E-state index is 0.101. The third-order valence-electron chi connectivity index (χ3n) is 3.26. The van der Waals surface area contributed by atoms with E-state index in [-0.39, 0.29) is 17.8 Å². The number of nitrogens with two attached hydrogens (primary N) is 1. The van der Waals surface area contributed by atoms with Gasteiger partial charge in [0.2, 0.25) is 5.89 Å². The van der Waals surface area contributed by atoms with Gasteiger partial charge in [0.1, 0.15) is 0 Å². The minimum Gasteiger partial charge on any atom is -0.346 e. The van der Waals surface area contributed by atoms with Gasteiger partial charge in [-0.15, -0.1) is 0 Å². The second-order valence-corrected chi connectivity index (χ2v) is 4.50. The number of nitrogens with one attached hydrogen (secondary N) is 1. The minimum atomic E-state index is -0.271. The van der Waals surface area contributed by atoms with Crippen LogP contribution in [-0.2, 0) is 0 Å². The van der Waals surface area contributed by atoms with Crippen molar-refractivity contribution < 1.29 is 9.32 Å². The van der Waals surface area contributed by atoms with Crippen LogP contribution in [0.15, 0.2) is 4.52 Å². The van der Waals surface area contributed by atoms with Crippen molar-refractivity contribution in [3.05, 3.63) is 11.7 Å². The van der Waals surface area contributed by atoms with E-state index in [1.165, 1.54) is 6.42 Å². The maximum Gasteiger partial charge on any atom is 0.292 e. The van der Waals surface area contributed by atoms with Crippen LogP contribution in [0.3, 0.4) is 0 Å². The van der Waals surface area contributed by atoms with Gasteiger partial charge in [-0.05, 0) is 25.3 Å². The van der Waals surface area contributed by atoms with E-state index in [9.17, 15) is 4.79 Å². The van der Waals surface area contributed by atoms with Crippen LogP contribution in [0.25, 0.3) is 0 Å². The Hall–Kier alpha value is -1.43. The predicted octanol–water partition coefficient (Wildman–Crippen LogP) is 0.625. The smallest absolute Gasteiger partial charge is 0.292 e. The first kappa shape index (κ1) is 12.0. The molecule has 94 valence electrons. The Morgan fingerprint density at radius 2 is 2.29 bits per heavy atom. The second kappa shape index (κ2) is 5.27. The third kappa shape index (κ3) is 2.82. The molecular weight excluding hydrogens is 220 g/mol. The molecular formula is C11H18N4O2. The highest BCUT2D eigenvalue weighted by molar-refractivity contribution is 5.90. The summed E-state index contributed by atoms with van der Waals surface area (Å²) in [6.07, 6.45) is 4.37. The Bertz CT molecular complexity index is 391. The molecule has 1 aliphatic carbocycles. The Kier molecular flexibility index (Phi) is 3.73. The third-order valence-corrected chi connectivity index (χ3v) is 3.26. The number of aromatic nitrogens is 2. The molecule has 0 aliphatic heterocycles. The summed E-state index contributed by atoms with van der Waals surface area (Å²) in [7, 11) is 0. The lowest BCUT2D eigenvalue weighted by molar-refractivity contribution is 0.0894. The molecule has 0 saturated heterocycles. The molecule has 0 bridgehead atoms. The molecule has 0 spiro atoms. The molecule has 1 aliphatic rings. The topological polar surface area (TPSA) is 94.0 Å². The molecule has 1 aromatic heterocycles. The molecule has 1 amide bonds. The van der Waals surface area contributed by atoms with E-state index < -0.39 is 0 Å². The fraction of sp³-hybridized carbons (Fsp3) is 0.727. The van der Waals surface area contributed by atoms with Crippen LogP contribution in [0.4, 0.5) is 0 Å². The lowest BCUT2D eigenvalue weighted by Crippen LogP contribution is -2.45. The van der Waals surface area contributed by atoms with E-state index in [1.54, 1.807) is 6.92 Å². The van der Waals surface area contributed by atoms with Crippen molar-refractivity contribution >= 4 is 5.91 Å². The zero-order chi connectivity index (χ0) is 12.3. The lowest BCUT2D eigenvalue weighted by Gasteiger charge is -2.30. The highest BCUT2D eigenvalue weighted by Gasteiger charge is 2.26. The molecule has 0 aromatic carbocycles. The summed E-state index contributed by atoms with van der Waals surface area (Å²) >= 11 is 0. The van der Waals surface area contributed by atoms with Crippen LogP contribution in [0.2, 0.25) is 0 Å². The zero-order valence-electron chi connectivity index (χ0n) is 9.98. The Balaban J connectivity index is 1.97. The van der Waals surface area contributed by atoms with Gasteiger partial charge < -0.3 is 15.6 Å². The van der Waals surface area contributed by atoms with E-state index >= 15 is 0 Å². The standard InChI is InChI=1S/C11H18N4O2/c1-7-13-10(15-17-7)11(16)14-9-5-3-2-4-8(9)6-12/h8-9H,2-6,12H2,1H3,(H,14,16). The maximum atomic E-state index is 11.9. The molecule has 0 radical (unpaired) electrons. The van der Waals surface area contributed by atoms with Crippen molar-refractivity contribution in [1.82, 2.24) is 15.5 Å². The monoisotopic (exact) mass is 238 g/mol. The average molecular weight is 238 g/mol. The predicted molar refractivity (Wildman–Crippen MR) is 61.3 cm³/mol. The Morgan fingerprint density at radius 1 is 1.53 bits per heavy atom. The van der Waals surface area contributed by atoms with E-state index in [1.807, 2.05) is 0 Å². The first-order chi connectivity index (χ1) is 8.20. The number of carbonyl (C=O) groups is 1. The normalized spacial score (nSPS) is 24.6. The summed E-state index contributed by atoms with van der Waals surface area (Å²) in [6.45, 7) is 2.27. The molecule has 17 heavy (non-hydrogen) atoms. The van der Waals surface area contributed by atoms with Crippen molar-refractivity contribution in [2.75, 3.05) is 6.54 Å². The van der Waals surface area contributed by atoms with Crippen molar-refractivity contribution in [1.29, 1.82) is 0 Å². The fourth-order valence-corrected chi connectivity index (χ4v) is 2.30. The molecule has 6 nitrogen and oxygen atoms in total. The molecule has 2 unspecified atom stereocenters. The average Bonchev–Trinajstić information content (AvgIpc) is 2.77. The first-order valence-electron chi connectivity index (χ1n) is 6.02. The summed E-state index contributed by atoms with van der Waals surface area (Å²) in [5, 5.41) is 6.55. The van der Waals surface area contributed by atoms with Gasteiger partial charge >= 0.3 is 0 Å². The largest absolute Gasteiger partial charge is 0.346 e. The number of hydrogen-bond donors (Lipinski definition) is 2. The summed E-state index contributed by atoms with van der Waals surface area (Å²) < 4.78 is 4.78. The quantitative estimate of drug-likeness (QED) is 0.805. The molecule has 1 heterocycles. The highest BCUT2D eigenvalue weighted by atomic mass is 16.5. The van der Waals surface area contributed by atoms with Crippen LogP contribution in [0, 0.1) is 12.8 Å². The molecule has 1 fully saturated rings. The van der Waals surface area contributed by atoms with Gasteiger partial charge in [0, 0.05) is 13.0 Å². The molecule has 1 saturated carbocycles. The van der Waals surface area contributed by atoms with E-state index in [4.69, 9.17) is 10.3 Å². The Labute approximate surface area is 99.9 Å². The summed E-state index contributed by atoms with van der Waals surface area (Å²) in [6, 6.07) is 0.139. The van der Waals surface area contributed by atoms with Crippen LogP contribution in [0.1, 0.15) is 42.2 Å². The van der Waals surface area contributed by atoms with E-state index in [2.05, 4.69) is 15.5 Å². The van der Waals surface area contributed by atoms with Crippen molar-refractivity contribution in [3.8, 4) is 0 Å². The van der Waals surface area contributed by atoms with Gasteiger partial charge in [0.15, 0.2) is 0 Å². The summed E-state index contributed by atoms with van der Waals surface area (Å²) in [5.74, 6) is 0.589. The molecule has 6 heteroatoms. The van der Waals surface area contributed by atoms with Gasteiger partial charge in [-0.3, -0.25) is 4.79 Å². The molecule has 2 atom stereocenters. The lowest BCUT2D eigenvalue weighted by atomic mass is 9.84. The number of nitrogens with zero attached hydrogens (tertiary/aromatic N) is 2. The van der Waals surface area contributed by atoms with Crippen LogP contribution in [0.5, 0.6) is 0 Å². The van der Waals surface area contributed by atoms with Crippen molar-refractivity contribution in [3.63, 3.8) is 0 Å². The van der Waals surface area contributed by atoms with Gasteiger partial charge in [-0.25, -0.2) is 0 Å². The molecule has 3 N–H and O–H groups in total.